The van der Waals surface area contributed by atoms with Gasteiger partial charge in [-0.2, -0.15) is 0 Å². The summed E-state index contributed by atoms with van der Waals surface area (Å²) in [6, 6.07) is 7.68. The molecule has 0 saturated carbocycles. The molecule has 0 amide bonds. The number of thiazole rings is 1. The molecule has 0 saturated heterocycles. The minimum atomic E-state index is 0.0479. The molecule has 0 atom stereocenters. The van der Waals surface area contributed by atoms with Crippen molar-refractivity contribution in [2.75, 3.05) is 0 Å². The lowest BCUT2D eigenvalue weighted by Gasteiger charge is -2.10. The zero-order valence-electron chi connectivity index (χ0n) is 14.4. The second-order valence-electron chi connectivity index (χ2n) is 6.69. The Bertz CT molecular complexity index is 1210. The van der Waals surface area contributed by atoms with E-state index in [0.717, 1.165) is 45.7 Å². The Hall–Kier alpha value is -2.02. The van der Waals surface area contributed by atoms with E-state index in [1.165, 1.54) is 16.9 Å². The average Bonchev–Trinajstić information content (AvgIpc) is 3.29. The molecular weight excluding hydrogens is 398 g/mol. The van der Waals surface area contributed by atoms with Crippen LogP contribution in [0.15, 0.2) is 40.8 Å². The predicted octanol–water partition coefficient (Wildman–Crippen LogP) is 5.16. The van der Waals surface area contributed by atoms with Gasteiger partial charge in [-0.1, -0.05) is 29.8 Å². The molecular formula is C20H16ClN3OS2. The molecule has 0 aliphatic heterocycles. The van der Waals surface area contributed by atoms with Gasteiger partial charge in [-0.15, -0.1) is 22.7 Å². The minimum Gasteiger partial charge on any atom is -0.293 e. The number of hydrogen-bond donors (Lipinski definition) is 0. The first-order chi connectivity index (χ1) is 13.2. The van der Waals surface area contributed by atoms with Crippen molar-refractivity contribution in [2.45, 2.75) is 32.2 Å². The summed E-state index contributed by atoms with van der Waals surface area (Å²) in [5.41, 5.74) is 3.04. The van der Waals surface area contributed by atoms with E-state index in [1.54, 1.807) is 33.6 Å². The summed E-state index contributed by atoms with van der Waals surface area (Å²) < 4.78 is 1.68. The Balaban J connectivity index is 1.51. The average molecular weight is 414 g/mol. The maximum absolute atomic E-state index is 13.1. The first kappa shape index (κ1) is 17.1. The van der Waals surface area contributed by atoms with Gasteiger partial charge in [0.1, 0.15) is 9.84 Å². The lowest BCUT2D eigenvalue weighted by molar-refractivity contribution is 0.696. The van der Waals surface area contributed by atoms with Crippen LogP contribution in [0.25, 0.3) is 20.8 Å². The highest BCUT2D eigenvalue weighted by atomic mass is 35.5. The molecule has 4 aromatic rings. The van der Waals surface area contributed by atoms with E-state index >= 15 is 0 Å². The highest BCUT2D eigenvalue weighted by Gasteiger charge is 2.20. The number of aryl methyl sites for hydroxylation is 2. The van der Waals surface area contributed by atoms with E-state index < -0.39 is 0 Å². The van der Waals surface area contributed by atoms with Crippen LogP contribution >= 0.6 is 34.3 Å². The molecule has 136 valence electrons. The largest absolute Gasteiger partial charge is 0.293 e. The van der Waals surface area contributed by atoms with Crippen molar-refractivity contribution in [2.24, 2.45) is 0 Å². The van der Waals surface area contributed by atoms with E-state index in [1.807, 2.05) is 29.6 Å². The van der Waals surface area contributed by atoms with Crippen molar-refractivity contribution in [3.05, 3.63) is 67.5 Å². The number of benzene rings is 1. The molecule has 0 bridgehead atoms. The predicted molar refractivity (Wildman–Crippen MR) is 112 cm³/mol. The van der Waals surface area contributed by atoms with Gasteiger partial charge in [0.25, 0.3) is 5.56 Å². The summed E-state index contributed by atoms with van der Waals surface area (Å²) in [6.07, 6.45) is 6.08. The van der Waals surface area contributed by atoms with E-state index in [2.05, 4.69) is 9.97 Å². The molecule has 0 radical (unpaired) electrons. The third-order valence-corrected chi connectivity index (χ3v) is 7.38. The Morgan fingerprint density at radius 3 is 2.93 bits per heavy atom. The van der Waals surface area contributed by atoms with E-state index in [4.69, 9.17) is 11.6 Å². The van der Waals surface area contributed by atoms with Crippen molar-refractivity contribution in [1.82, 2.24) is 14.5 Å². The summed E-state index contributed by atoms with van der Waals surface area (Å²) >= 11 is 9.50. The highest BCUT2D eigenvalue weighted by Crippen LogP contribution is 2.33. The molecule has 3 heterocycles. The van der Waals surface area contributed by atoms with Crippen LogP contribution in [0.3, 0.4) is 0 Å². The summed E-state index contributed by atoms with van der Waals surface area (Å²) in [4.78, 5) is 24.5. The van der Waals surface area contributed by atoms with E-state index in [9.17, 15) is 4.79 Å². The van der Waals surface area contributed by atoms with Gasteiger partial charge in [0.2, 0.25) is 0 Å². The monoisotopic (exact) mass is 413 g/mol. The van der Waals surface area contributed by atoms with Gasteiger partial charge in [-0.05, 0) is 37.3 Å². The number of nitrogens with zero attached hydrogens (tertiary/aromatic N) is 3. The number of halogens is 1. The molecule has 0 unspecified atom stereocenters. The van der Waals surface area contributed by atoms with Crippen molar-refractivity contribution < 1.29 is 0 Å². The quantitative estimate of drug-likeness (QED) is 0.466. The van der Waals surface area contributed by atoms with E-state index in [-0.39, 0.29) is 5.56 Å². The first-order valence-corrected chi connectivity index (χ1v) is 11.0. The van der Waals surface area contributed by atoms with Gasteiger partial charge in [-0.25, -0.2) is 9.97 Å². The van der Waals surface area contributed by atoms with Crippen LogP contribution in [0.1, 0.15) is 29.0 Å². The second kappa shape index (κ2) is 6.86. The molecule has 1 aliphatic rings. The molecule has 27 heavy (non-hydrogen) atoms. The molecule has 4 nitrogen and oxygen atoms in total. The molecule has 3 aromatic heterocycles. The third kappa shape index (κ3) is 3.02. The van der Waals surface area contributed by atoms with Crippen LogP contribution in [0.4, 0.5) is 0 Å². The van der Waals surface area contributed by atoms with Gasteiger partial charge in [-0.3, -0.25) is 9.36 Å². The summed E-state index contributed by atoms with van der Waals surface area (Å²) in [5, 5.41) is 4.35. The van der Waals surface area contributed by atoms with Crippen LogP contribution in [0.2, 0.25) is 5.02 Å². The standard InChI is InChI=1S/C20H16ClN3OS2/c21-15-7-3-1-5-13(15)18-23-12(10-26-18)9-24-11-22-19-17(20(24)25)14-6-2-4-8-16(14)27-19/h1,3,5,7,10-11H,2,4,6,8-9H2. The molecule has 0 N–H and O–H groups in total. The SMILES string of the molecule is O=c1c2c3c(sc2ncn1Cc1csc(-c2ccccc2Cl)n1)CCCC3. The molecule has 1 aromatic carbocycles. The van der Waals surface area contributed by atoms with Crippen LogP contribution in [-0.4, -0.2) is 14.5 Å². The molecule has 0 fully saturated rings. The fourth-order valence-corrected chi connectivity index (χ4v) is 5.96. The van der Waals surface area contributed by atoms with Crippen molar-refractivity contribution in [3.8, 4) is 10.6 Å². The lowest BCUT2D eigenvalue weighted by atomic mass is 9.97. The zero-order valence-corrected chi connectivity index (χ0v) is 16.8. The summed E-state index contributed by atoms with van der Waals surface area (Å²) in [7, 11) is 0. The Morgan fingerprint density at radius 2 is 2.04 bits per heavy atom. The summed E-state index contributed by atoms with van der Waals surface area (Å²) in [6.45, 7) is 0.424. The Labute approximate surface area is 169 Å². The third-order valence-electron chi connectivity index (χ3n) is 4.93. The summed E-state index contributed by atoms with van der Waals surface area (Å²) in [5.74, 6) is 0. The first-order valence-electron chi connectivity index (χ1n) is 8.89. The van der Waals surface area contributed by atoms with Gasteiger partial charge < -0.3 is 0 Å². The molecule has 0 spiro atoms. The van der Waals surface area contributed by atoms with Crippen molar-refractivity contribution >= 4 is 44.5 Å². The minimum absolute atomic E-state index is 0.0479. The molecule has 1 aliphatic carbocycles. The van der Waals surface area contributed by atoms with Crippen LogP contribution in [0, 0.1) is 0 Å². The Morgan fingerprint density at radius 1 is 1.19 bits per heavy atom. The van der Waals surface area contributed by atoms with Crippen molar-refractivity contribution in [3.63, 3.8) is 0 Å². The van der Waals surface area contributed by atoms with E-state index in [0.29, 0.717) is 11.6 Å². The van der Waals surface area contributed by atoms with Crippen molar-refractivity contribution in [1.29, 1.82) is 0 Å². The van der Waals surface area contributed by atoms with Crippen LogP contribution in [0.5, 0.6) is 0 Å². The number of rotatable bonds is 3. The highest BCUT2D eigenvalue weighted by molar-refractivity contribution is 7.18. The van der Waals surface area contributed by atoms with Crippen LogP contribution < -0.4 is 5.56 Å². The zero-order chi connectivity index (χ0) is 18.4. The number of thiophene rings is 1. The molecule has 5 rings (SSSR count). The maximum atomic E-state index is 13.1. The van der Waals surface area contributed by atoms with Crippen LogP contribution in [-0.2, 0) is 19.4 Å². The fourth-order valence-electron chi connectivity index (χ4n) is 3.61. The second-order valence-corrected chi connectivity index (χ2v) is 9.04. The number of fused-ring (bicyclic) bond motifs is 3. The van der Waals surface area contributed by atoms with Gasteiger partial charge in [0.05, 0.1) is 29.0 Å². The number of hydrogen-bond acceptors (Lipinski definition) is 5. The lowest BCUT2D eigenvalue weighted by Crippen LogP contribution is -2.21. The normalized spacial score (nSPS) is 13.8. The van der Waals surface area contributed by atoms with Gasteiger partial charge in [0.15, 0.2) is 0 Å². The Kier molecular flexibility index (Phi) is 4.34. The fraction of sp³-hybridized carbons (Fsp3) is 0.250. The van der Waals surface area contributed by atoms with Gasteiger partial charge in [0, 0.05) is 15.8 Å². The number of aromatic nitrogens is 3. The smallest absolute Gasteiger partial charge is 0.262 e. The topological polar surface area (TPSA) is 47.8 Å². The maximum Gasteiger partial charge on any atom is 0.262 e. The van der Waals surface area contributed by atoms with Gasteiger partial charge >= 0.3 is 0 Å². The molecule has 7 heteroatoms.